The maximum Gasteiger partial charge on any atom is 0.251 e. The van der Waals surface area contributed by atoms with Crippen molar-refractivity contribution in [2.45, 2.75) is 139 Å². The van der Waals surface area contributed by atoms with Crippen LogP contribution in [0.5, 0.6) is 11.5 Å². The van der Waals surface area contributed by atoms with E-state index in [1.54, 1.807) is 19.1 Å². The molecular formula is C58H73N7O15. The first-order chi connectivity index (χ1) is 38.1. The molecule has 3 heterocycles. The van der Waals surface area contributed by atoms with Crippen molar-refractivity contribution in [1.29, 1.82) is 0 Å². The van der Waals surface area contributed by atoms with Gasteiger partial charge in [-0.3, -0.25) is 33.6 Å². The summed E-state index contributed by atoms with van der Waals surface area (Å²) in [6.45, 7) is 5.34. The number of carbonyl (C=O) groups is 7. The number of ether oxygens (including phenoxy) is 1. The molecule has 3 saturated heterocycles. The van der Waals surface area contributed by atoms with Crippen LogP contribution in [0.3, 0.4) is 0 Å². The lowest BCUT2D eigenvalue weighted by Gasteiger charge is -2.33. The van der Waals surface area contributed by atoms with Crippen molar-refractivity contribution in [2.75, 3.05) is 26.2 Å². The number of benzene rings is 4. The average molecular weight is 1110 g/mol. The fourth-order valence-electron chi connectivity index (χ4n) is 10.2. The molecule has 0 spiro atoms. The predicted octanol–water partition coefficient (Wildman–Crippen LogP) is 0.264. The van der Waals surface area contributed by atoms with Gasteiger partial charge in [0.25, 0.3) is 5.91 Å². The summed E-state index contributed by atoms with van der Waals surface area (Å²) in [5.74, 6) is -7.27. The Kier molecular flexibility index (Phi) is 20.4. The van der Waals surface area contributed by atoms with Gasteiger partial charge >= 0.3 is 0 Å². The van der Waals surface area contributed by atoms with Crippen molar-refractivity contribution in [3.8, 4) is 33.8 Å². The molecule has 0 aliphatic carbocycles. The number of rotatable bonds is 14. The number of carbonyl (C=O) groups excluding carboxylic acids is 7. The van der Waals surface area contributed by atoms with E-state index in [9.17, 15) is 69.3 Å². The molecule has 0 unspecified atom stereocenters. The standard InChI is InChI=1S/C58H73N7O15/c1-5-6-7-24-80-43-22-18-38(19-23-43)36-12-10-35(11-13-36)37-14-16-39(17-15-37)52(73)60-44-26-41(69)28-59-56(77)50-51(72)31(2)29-65(50)58(79)48(33(4)67)62-55(76)49(46(71)25-34-8-20-40(68)21-9-34)63-54(75)45-27-42(70)30-64(45)57(78)47(32(3)66)61-53(44)74/h8-23,31-33,41-42,44-51,66-72H,5-7,24-30H2,1-4H3,(H,59,77)(H,60,73)(H,61,74)(H,62,76)(H,63,75)/t31-,32+,33+,41+,42+,44+,45-,46-,47-,48-,49-,50-,51-/m0/s1. The van der Waals surface area contributed by atoms with E-state index in [0.29, 0.717) is 12.2 Å². The predicted molar refractivity (Wildman–Crippen MR) is 291 cm³/mol. The Hall–Kier alpha value is -7.47. The van der Waals surface area contributed by atoms with Crippen molar-refractivity contribution < 1.29 is 74.0 Å². The molecule has 3 aliphatic rings. The van der Waals surface area contributed by atoms with Crippen LogP contribution in [0.25, 0.3) is 22.3 Å². The minimum atomic E-state index is -1.94. The van der Waals surface area contributed by atoms with Crippen molar-refractivity contribution >= 4 is 41.4 Å². The highest BCUT2D eigenvalue weighted by Gasteiger charge is 2.49. The number of phenols is 1. The number of fused-ring (bicyclic) bond motifs is 2. The highest BCUT2D eigenvalue weighted by atomic mass is 16.5. The molecule has 22 heteroatoms. The summed E-state index contributed by atoms with van der Waals surface area (Å²) >= 11 is 0. The van der Waals surface area contributed by atoms with Gasteiger partial charge in [0, 0.05) is 50.4 Å². The summed E-state index contributed by atoms with van der Waals surface area (Å²) in [4.78, 5) is 102. The zero-order valence-electron chi connectivity index (χ0n) is 45.1. The molecule has 7 amide bonds. The van der Waals surface area contributed by atoms with Crippen LogP contribution in [0.2, 0.25) is 0 Å². The number of hydrogen-bond acceptors (Lipinski definition) is 15. The molecule has 22 nitrogen and oxygen atoms in total. The van der Waals surface area contributed by atoms with E-state index in [1.165, 1.54) is 50.2 Å². The minimum Gasteiger partial charge on any atom is -0.508 e. The normalized spacial score (nSPS) is 26.6. The first kappa shape index (κ1) is 60.2. The summed E-state index contributed by atoms with van der Waals surface area (Å²) in [5.41, 5.74) is 4.05. The number of nitrogens with one attached hydrogen (secondary N) is 5. The van der Waals surface area contributed by atoms with Gasteiger partial charge in [-0.15, -0.1) is 0 Å². The van der Waals surface area contributed by atoms with Crippen LogP contribution >= 0.6 is 0 Å². The van der Waals surface area contributed by atoms with Gasteiger partial charge in [0.1, 0.15) is 47.8 Å². The second kappa shape index (κ2) is 27.1. The van der Waals surface area contributed by atoms with Gasteiger partial charge in [-0.05, 0) is 84.5 Å². The molecule has 430 valence electrons. The van der Waals surface area contributed by atoms with E-state index in [-0.39, 0.29) is 24.3 Å². The molecule has 0 radical (unpaired) electrons. The summed E-state index contributed by atoms with van der Waals surface area (Å²) in [5, 5.41) is 89.4. The van der Waals surface area contributed by atoms with Crippen LogP contribution in [0.1, 0.15) is 75.7 Å². The van der Waals surface area contributed by atoms with E-state index < -0.39 is 146 Å². The van der Waals surface area contributed by atoms with Gasteiger partial charge in [0.15, 0.2) is 0 Å². The molecule has 4 aromatic rings. The lowest BCUT2D eigenvalue weighted by atomic mass is 9.99. The molecule has 4 aromatic carbocycles. The van der Waals surface area contributed by atoms with Crippen LogP contribution in [0, 0.1) is 5.92 Å². The van der Waals surface area contributed by atoms with Crippen molar-refractivity contribution in [1.82, 2.24) is 36.4 Å². The second-order valence-electron chi connectivity index (χ2n) is 21.1. The van der Waals surface area contributed by atoms with Crippen molar-refractivity contribution in [3.05, 3.63) is 108 Å². The fourth-order valence-corrected chi connectivity index (χ4v) is 10.2. The first-order valence-corrected chi connectivity index (χ1v) is 27.0. The summed E-state index contributed by atoms with van der Waals surface area (Å²) in [7, 11) is 0. The number of aromatic hydroxyl groups is 1. The van der Waals surface area contributed by atoms with Gasteiger partial charge in [-0.1, -0.05) is 87.4 Å². The number of aliphatic hydroxyl groups is 6. The molecule has 80 heavy (non-hydrogen) atoms. The molecular weight excluding hydrogens is 1030 g/mol. The van der Waals surface area contributed by atoms with Crippen LogP contribution in [0.4, 0.5) is 0 Å². The van der Waals surface area contributed by atoms with Gasteiger partial charge in [0.05, 0.1) is 43.2 Å². The van der Waals surface area contributed by atoms with Crippen molar-refractivity contribution in [2.24, 2.45) is 5.92 Å². The first-order valence-electron chi connectivity index (χ1n) is 27.0. The number of nitrogens with zero attached hydrogens (tertiary/aromatic N) is 2. The summed E-state index contributed by atoms with van der Waals surface area (Å²) < 4.78 is 5.85. The number of aliphatic hydroxyl groups excluding tert-OH is 6. The molecule has 3 aliphatic heterocycles. The maximum absolute atomic E-state index is 14.5. The van der Waals surface area contributed by atoms with Gasteiger partial charge in [-0.2, -0.15) is 0 Å². The molecule has 12 N–H and O–H groups in total. The highest BCUT2D eigenvalue weighted by molar-refractivity contribution is 6.00. The van der Waals surface area contributed by atoms with Crippen LogP contribution < -0.4 is 31.3 Å². The average Bonchev–Trinajstić information content (AvgIpc) is 3.99. The van der Waals surface area contributed by atoms with E-state index >= 15 is 0 Å². The number of unbranched alkanes of at least 4 members (excludes halogenated alkanes) is 2. The number of β-amino-alcohol motifs (C(OH)–C–C–N with tert-alkyl or cyclic N) is 1. The largest absolute Gasteiger partial charge is 0.508 e. The zero-order chi connectivity index (χ0) is 57.9. The van der Waals surface area contributed by atoms with Crippen LogP contribution in [-0.2, 0) is 35.2 Å². The SMILES string of the molecule is CCCCCOc1ccc(-c2ccc(-c3ccc(C(=O)N[C@@H]4C[C@@H](O)CNC(=O)[C@@H]5[C@@H](O)[C@@H](C)CN5C(=O)[C@H]([C@@H](C)O)NC(=O)[C@H]([C@@H](O)Cc5ccc(O)cc5)NC(=O)[C@@H]5C[C@@H](O)CN5C(=O)[C@H]([C@@H](C)O)NC4=O)cc3)cc2)cc1. The Bertz CT molecular complexity index is 2800. The van der Waals surface area contributed by atoms with Gasteiger partial charge < -0.3 is 76.9 Å². The molecule has 3 fully saturated rings. The van der Waals surface area contributed by atoms with E-state index in [2.05, 4.69) is 33.5 Å². The molecule has 0 saturated carbocycles. The van der Waals surface area contributed by atoms with Crippen molar-refractivity contribution in [3.63, 3.8) is 0 Å². The topological polar surface area (TPSA) is 337 Å². The Labute approximate surface area is 463 Å². The lowest BCUT2D eigenvalue weighted by molar-refractivity contribution is -0.147. The lowest BCUT2D eigenvalue weighted by Crippen LogP contribution is -2.64. The maximum atomic E-state index is 14.5. The smallest absolute Gasteiger partial charge is 0.251 e. The quantitative estimate of drug-likeness (QED) is 0.0754. The third-order valence-electron chi connectivity index (χ3n) is 14.8. The Morgan fingerprint density at radius 1 is 0.650 bits per heavy atom. The van der Waals surface area contributed by atoms with Crippen LogP contribution in [0.15, 0.2) is 97.1 Å². The molecule has 0 aromatic heterocycles. The van der Waals surface area contributed by atoms with E-state index in [1.807, 2.05) is 48.5 Å². The second-order valence-corrected chi connectivity index (χ2v) is 21.1. The molecule has 0 bridgehead atoms. The van der Waals surface area contributed by atoms with E-state index in [4.69, 9.17) is 4.74 Å². The third-order valence-corrected chi connectivity index (χ3v) is 14.8. The highest BCUT2D eigenvalue weighted by Crippen LogP contribution is 2.29. The Balaban J connectivity index is 1.15. The van der Waals surface area contributed by atoms with E-state index in [0.717, 1.165) is 57.1 Å². The molecule has 7 rings (SSSR count). The monoisotopic (exact) mass is 1110 g/mol. The van der Waals surface area contributed by atoms with Crippen LogP contribution in [-0.4, -0.2) is 186 Å². The summed E-state index contributed by atoms with van der Waals surface area (Å²) in [6, 6.07) is 17.1. The number of hydrogen-bond donors (Lipinski definition) is 12. The van der Waals surface area contributed by atoms with Gasteiger partial charge in [-0.25, -0.2) is 0 Å². The molecule has 13 atom stereocenters. The Morgan fingerprint density at radius 2 is 1.19 bits per heavy atom. The zero-order valence-corrected chi connectivity index (χ0v) is 45.1. The fraction of sp³-hybridized carbons (Fsp3) is 0.466. The number of amides is 7. The third kappa shape index (κ3) is 14.8. The Morgan fingerprint density at radius 3 is 1.76 bits per heavy atom. The number of phenolic OH excluding ortho intramolecular Hbond substituents is 1. The minimum absolute atomic E-state index is 0.0902. The van der Waals surface area contributed by atoms with Gasteiger partial charge in [0.2, 0.25) is 35.4 Å². The summed E-state index contributed by atoms with van der Waals surface area (Å²) in [6.07, 6.45) is -7.74.